The van der Waals surface area contributed by atoms with Crippen LogP contribution in [-0.4, -0.2) is 36.0 Å². The molecule has 1 aromatic rings. The van der Waals surface area contributed by atoms with E-state index in [0.29, 0.717) is 5.92 Å². The summed E-state index contributed by atoms with van der Waals surface area (Å²) < 4.78 is 13.5. The standard InChI is InChI=1S/C15H20FN3O2/c16-13-4-3-12(10-15(13)19(20)21)14(9-11-1-2-11)18-7-5-17-6-8-18/h3-4,10-11,14,17H,1-2,5-9H2/t14-/m0/s1. The van der Waals surface area contributed by atoms with Crippen LogP contribution in [0.15, 0.2) is 18.2 Å². The number of rotatable bonds is 5. The molecule has 3 rings (SSSR count). The molecule has 1 aliphatic heterocycles. The average Bonchev–Trinajstić information content (AvgIpc) is 3.30. The number of piperazine rings is 1. The average molecular weight is 293 g/mol. The predicted molar refractivity (Wildman–Crippen MR) is 77.6 cm³/mol. The number of halogens is 1. The molecule has 5 nitrogen and oxygen atoms in total. The molecule has 0 spiro atoms. The van der Waals surface area contributed by atoms with E-state index in [2.05, 4.69) is 10.2 Å². The number of hydrogen-bond donors (Lipinski definition) is 1. The van der Waals surface area contributed by atoms with Crippen molar-refractivity contribution in [1.29, 1.82) is 0 Å². The number of nitrogens with zero attached hydrogens (tertiary/aromatic N) is 2. The topological polar surface area (TPSA) is 58.4 Å². The van der Waals surface area contributed by atoms with E-state index in [-0.39, 0.29) is 6.04 Å². The molecule has 0 aromatic heterocycles. The van der Waals surface area contributed by atoms with E-state index < -0.39 is 16.4 Å². The highest BCUT2D eigenvalue weighted by Crippen LogP contribution is 2.40. The van der Waals surface area contributed by atoms with E-state index in [1.165, 1.54) is 25.0 Å². The number of nitro groups is 1. The minimum atomic E-state index is -0.755. The maximum atomic E-state index is 13.5. The SMILES string of the molecule is O=[N+]([O-])c1cc([C@H](CC2CC2)N2CCNCC2)ccc1F. The molecule has 0 radical (unpaired) electrons. The Labute approximate surface area is 123 Å². The molecule has 2 fully saturated rings. The second kappa shape index (κ2) is 6.07. The van der Waals surface area contributed by atoms with Crippen LogP contribution in [0.25, 0.3) is 0 Å². The van der Waals surface area contributed by atoms with Gasteiger partial charge in [0.1, 0.15) is 0 Å². The summed E-state index contributed by atoms with van der Waals surface area (Å²) in [5.41, 5.74) is 0.459. The number of hydrogen-bond acceptors (Lipinski definition) is 4. The Bertz CT molecular complexity index is 528. The molecular weight excluding hydrogens is 273 g/mol. The van der Waals surface area contributed by atoms with Gasteiger partial charge in [-0.25, -0.2) is 0 Å². The van der Waals surface area contributed by atoms with Gasteiger partial charge in [-0.1, -0.05) is 18.9 Å². The largest absolute Gasteiger partial charge is 0.314 e. The van der Waals surface area contributed by atoms with Crippen molar-refractivity contribution in [2.45, 2.75) is 25.3 Å². The van der Waals surface area contributed by atoms with Gasteiger partial charge in [-0.3, -0.25) is 15.0 Å². The first kappa shape index (κ1) is 14.4. The zero-order valence-corrected chi connectivity index (χ0v) is 11.9. The van der Waals surface area contributed by atoms with Crippen molar-refractivity contribution in [2.24, 2.45) is 5.92 Å². The van der Waals surface area contributed by atoms with Crippen LogP contribution < -0.4 is 5.32 Å². The minimum Gasteiger partial charge on any atom is -0.314 e. The molecule has 1 saturated carbocycles. The lowest BCUT2D eigenvalue weighted by Gasteiger charge is -2.35. The van der Waals surface area contributed by atoms with Gasteiger partial charge in [0.05, 0.1) is 4.92 Å². The van der Waals surface area contributed by atoms with Crippen LogP contribution in [0.3, 0.4) is 0 Å². The van der Waals surface area contributed by atoms with E-state index >= 15 is 0 Å². The smallest absolute Gasteiger partial charge is 0.305 e. The molecule has 1 aromatic carbocycles. The Morgan fingerprint density at radius 2 is 2.10 bits per heavy atom. The van der Waals surface area contributed by atoms with Crippen LogP contribution in [0, 0.1) is 21.8 Å². The van der Waals surface area contributed by atoms with Crippen molar-refractivity contribution in [3.63, 3.8) is 0 Å². The zero-order chi connectivity index (χ0) is 14.8. The van der Waals surface area contributed by atoms with Crippen LogP contribution in [0.2, 0.25) is 0 Å². The van der Waals surface area contributed by atoms with Gasteiger partial charge < -0.3 is 5.32 Å². The molecule has 6 heteroatoms. The van der Waals surface area contributed by atoms with Crippen molar-refractivity contribution in [3.05, 3.63) is 39.7 Å². The second-order valence-electron chi connectivity index (χ2n) is 5.95. The maximum absolute atomic E-state index is 13.5. The third-order valence-electron chi connectivity index (χ3n) is 4.40. The summed E-state index contributed by atoms with van der Waals surface area (Å²) in [6.07, 6.45) is 3.50. The molecule has 1 N–H and O–H groups in total. The van der Waals surface area contributed by atoms with E-state index in [0.717, 1.165) is 38.2 Å². The van der Waals surface area contributed by atoms with Crippen molar-refractivity contribution in [1.82, 2.24) is 10.2 Å². The lowest BCUT2D eigenvalue weighted by molar-refractivity contribution is -0.387. The zero-order valence-electron chi connectivity index (χ0n) is 11.9. The first-order valence-electron chi connectivity index (χ1n) is 7.54. The lowest BCUT2D eigenvalue weighted by atomic mass is 9.98. The lowest BCUT2D eigenvalue weighted by Crippen LogP contribution is -2.45. The first-order valence-corrected chi connectivity index (χ1v) is 7.54. The van der Waals surface area contributed by atoms with Gasteiger partial charge in [-0.2, -0.15) is 4.39 Å². The van der Waals surface area contributed by atoms with Gasteiger partial charge in [0.2, 0.25) is 5.82 Å². The van der Waals surface area contributed by atoms with Crippen molar-refractivity contribution < 1.29 is 9.31 Å². The number of benzene rings is 1. The first-order chi connectivity index (χ1) is 10.1. The fraction of sp³-hybridized carbons (Fsp3) is 0.600. The van der Waals surface area contributed by atoms with Crippen molar-refractivity contribution in [2.75, 3.05) is 26.2 Å². The fourth-order valence-electron chi connectivity index (χ4n) is 3.04. The van der Waals surface area contributed by atoms with Crippen LogP contribution in [0.1, 0.15) is 30.9 Å². The summed E-state index contributed by atoms with van der Waals surface area (Å²) in [5.74, 6) is -0.0387. The van der Waals surface area contributed by atoms with Crippen molar-refractivity contribution in [3.8, 4) is 0 Å². The molecular formula is C15H20FN3O2. The number of nitrogens with one attached hydrogen (secondary N) is 1. The van der Waals surface area contributed by atoms with Crippen LogP contribution in [0.4, 0.5) is 10.1 Å². The second-order valence-corrected chi connectivity index (χ2v) is 5.95. The molecule has 0 amide bonds. The van der Waals surface area contributed by atoms with Crippen LogP contribution in [-0.2, 0) is 0 Å². The quantitative estimate of drug-likeness (QED) is 0.669. The molecule has 114 valence electrons. The number of nitro benzene ring substituents is 1. The minimum absolute atomic E-state index is 0.166. The van der Waals surface area contributed by atoms with Gasteiger partial charge in [-0.15, -0.1) is 0 Å². The van der Waals surface area contributed by atoms with Gasteiger partial charge in [0.15, 0.2) is 0 Å². The Morgan fingerprint density at radius 3 is 2.71 bits per heavy atom. The summed E-state index contributed by atoms with van der Waals surface area (Å²) in [5, 5.41) is 14.3. The summed E-state index contributed by atoms with van der Waals surface area (Å²) in [7, 11) is 0. The van der Waals surface area contributed by atoms with Crippen molar-refractivity contribution >= 4 is 5.69 Å². The van der Waals surface area contributed by atoms with Crippen LogP contribution >= 0.6 is 0 Å². The molecule has 1 aliphatic carbocycles. The van der Waals surface area contributed by atoms with Gasteiger partial charge in [-0.05, 0) is 24.0 Å². The predicted octanol–water partition coefficient (Wildman–Crippen LogP) is 2.48. The van der Waals surface area contributed by atoms with E-state index in [4.69, 9.17) is 0 Å². The van der Waals surface area contributed by atoms with E-state index in [1.807, 2.05) is 0 Å². The fourth-order valence-corrected chi connectivity index (χ4v) is 3.04. The molecule has 1 atom stereocenters. The van der Waals surface area contributed by atoms with E-state index in [1.54, 1.807) is 6.07 Å². The third-order valence-corrected chi connectivity index (χ3v) is 4.40. The molecule has 0 unspecified atom stereocenters. The monoisotopic (exact) mass is 293 g/mol. The molecule has 1 saturated heterocycles. The third kappa shape index (κ3) is 3.39. The Kier molecular flexibility index (Phi) is 4.17. The molecule has 2 aliphatic rings. The molecule has 21 heavy (non-hydrogen) atoms. The van der Waals surface area contributed by atoms with Gasteiger partial charge in [0, 0.05) is 38.3 Å². The highest BCUT2D eigenvalue weighted by molar-refractivity contribution is 5.37. The highest BCUT2D eigenvalue weighted by Gasteiger charge is 2.31. The highest BCUT2D eigenvalue weighted by atomic mass is 19.1. The van der Waals surface area contributed by atoms with E-state index in [9.17, 15) is 14.5 Å². The summed E-state index contributed by atoms with van der Waals surface area (Å²) in [4.78, 5) is 12.7. The normalized spacial score (nSPS) is 21.2. The summed E-state index contributed by atoms with van der Waals surface area (Å²) >= 11 is 0. The molecule has 1 heterocycles. The molecule has 0 bridgehead atoms. The van der Waals surface area contributed by atoms with Gasteiger partial charge in [0.25, 0.3) is 0 Å². The Balaban J connectivity index is 1.87. The Hall–Kier alpha value is -1.53. The van der Waals surface area contributed by atoms with Crippen LogP contribution in [0.5, 0.6) is 0 Å². The van der Waals surface area contributed by atoms with Gasteiger partial charge >= 0.3 is 5.69 Å². The Morgan fingerprint density at radius 1 is 1.38 bits per heavy atom. The summed E-state index contributed by atoms with van der Waals surface area (Å²) in [6.45, 7) is 3.74. The maximum Gasteiger partial charge on any atom is 0.305 e. The summed E-state index contributed by atoms with van der Waals surface area (Å²) in [6, 6.07) is 4.52.